The van der Waals surface area contributed by atoms with Crippen molar-refractivity contribution in [3.05, 3.63) is 36.0 Å². The van der Waals surface area contributed by atoms with Crippen LogP contribution < -0.4 is 5.32 Å². The molecule has 24 heavy (non-hydrogen) atoms. The fourth-order valence-electron chi connectivity index (χ4n) is 3.16. The number of carbonyl (C=O) groups is 1. The largest absolute Gasteiger partial charge is 0.324 e. The van der Waals surface area contributed by atoms with E-state index >= 15 is 0 Å². The standard InChI is InChI=1S/C18H24N4OS/c1-13-16(15-7-5-4-6-8-15)24-17(19-13)20-18(23)22-10-9-14(12-22)11-21(2)3/h4-8,14H,9-12H2,1-3H3,(H,19,20,23). The molecule has 1 unspecified atom stereocenters. The number of likely N-dealkylation sites (tertiary alicyclic amines) is 1. The van der Waals surface area contributed by atoms with Gasteiger partial charge >= 0.3 is 6.03 Å². The summed E-state index contributed by atoms with van der Waals surface area (Å²) >= 11 is 1.53. The highest BCUT2D eigenvalue weighted by Crippen LogP contribution is 2.32. The van der Waals surface area contributed by atoms with Crippen LogP contribution in [0.5, 0.6) is 0 Å². The first-order valence-electron chi connectivity index (χ1n) is 8.26. The molecule has 0 spiro atoms. The Morgan fingerprint density at radius 2 is 2.12 bits per heavy atom. The third kappa shape index (κ3) is 3.94. The van der Waals surface area contributed by atoms with E-state index in [0.717, 1.165) is 42.2 Å². The lowest BCUT2D eigenvalue weighted by Crippen LogP contribution is -2.34. The van der Waals surface area contributed by atoms with Gasteiger partial charge in [-0.25, -0.2) is 9.78 Å². The Morgan fingerprint density at radius 3 is 2.83 bits per heavy atom. The molecule has 2 aromatic rings. The van der Waals surface area contributed by atoms with Crippen molar-refractivity contribution < 1.29 is 4.79 Å². The first kappa shape index (κ1) is 16.9. The van der Waals surface area contributed by atoms with Crippen LogP contribution in [0.3, 0.4) is 0 Å². The maximum absolute atomic E-state index is 12.5. The van der Waals surface area contributed by atoms with Crippen LogP contribution in [-0.2, 0) is 0 Å². The summed E-state index contributed by atoms with van der Waals surface area (Å²) < 4.78 is 0. The molecule has 0 bridgehead atoms. The molecule has 1 N–H and O–H groups in total. The molecule has 2 amide bonds. The Labute approximate surface area is 147 Å². The average Bonchev–Trinajstić information content (AvgIpc) is 3.14. The van der Waals surface area contributed by atoms with Crippen LogP contribution in [-0.4, -0.2) is 54.5 Å². The van der Waals surface area contributed by atoms with E-state index < -0.39 is 0 Å². The number of aryl methyl sites for hydroxylation is 1. The average molecular weight is 344 g/mol. The second kappa shape index (κ2) is 7.32. The third-order valence-corrected chi connectivity index (χ3v) is 5.36. The molecular formula is C18H24N4OS. The summed E-state index contributed by atoms with van der Waals surface area (Å²) in [5.74, 6) is 0.559. The summed E-state index contributed by atoms with van der Waals surface area (Å²) in [7, 11) is 4.15. The highest BCUT2D eigenvalue weighted by atomic mass is 32.1. The van der Waals surface area contributed by atoms with Crippen molar-refractivity contribution in [2.45, 2.75) is 13.3 Å². The van der Waals surface area contributed by atoms with Crippen molar-refractivity contribution in [1.82, 2.24) is 14.8 Å². The minimum Gasteiger partial charge on any atom is -0.324 e. The van der Waals surface area contributed by atoms with E-state index in [4.69, 9.17) is 0 Å². The molecule has 2 heterocycles. The van der Waals surface area contributed by atoms with E-state index in [9.17, 15) is 4.79 Å². The summed E-state index contributed by atoms with van der Waals surface area (Å²) in [6.45, 7) is 4.65. The number of benzene rings is 1. The van der Waals surface area contributed by atoms with Gasteiger partial charge < -0.3 is 9.80 Å². The van der Waals surface area contributed by atoms with Gasteiger partial charge in [-0.2, -0.15) is 0 Å². The number of carbonyl (C=O) groups excluding carboxylic acids is 1. The first-order valence-corrected chi connectivity index (χ1v) is 9.08. The normalized spacial score (nSPS) is 17.5. The Morgan fingerprint density at radius 1 is 1.38 bits per heavy atom. The second-order valence-corrected chi connectivity index (χ2v) is 7.59. The lowest BCUT2D eigenvalue weighted by atomic mass is 10.1. The predicted octanol–water partition coefficient (Wildman–Crippen LogP) is 3.53. The van der Waals surface area contributed by atoms with E-state index in [0.29, 0.717) is 11.0 Å². The molecule has 3 rings (SSSR count). The van der Waals surface area contributed by atoms with Gasteiger partial charge in [0.2, 0.25) is 0 Å². The summed E-state index contributed by atoms with van der Waals surface area (Å²) in [4.78, 5) is 22.2. The maximum atomic E-state index is 12.5. The molecule has 128 valence electrons. The van der Waals surface area contributed by atoms with Gasteiger partial charge in [-0.15, -0.1) is 0 Å². The van der Waals surface area contributed by atoms with E-state index in [-0.39, 0.29) is 6.03 Å². The quantitative estimate of drug-likeness (QED) is 0.923. The number of hydrogen-bond acceptors (Lipinski definition) is 4. The summed E-state index contributed by atoms with van der Waals surface area (Å²) in [5, 5.41) is 3.64. The number of aromatic nitrogens is 1. The molecule has 1 aromatic heterocycles. The Hall–Kier alpha value is -1.92. The Bertz CT molecular complexity index is 698. The third-order valence-electron chi connectivity index (χ3n) is 4.24. The van der Waals surface area contributed by atoms with Gasteiger partial charge in [0.15, 0.2) is 5.13 Å². The summed E-state index contributed by atoms with van der Waals surface area (Å²) in [5.41, 5.74) is 2.09. The number of anilines is 1. The molecule has 1 fully saturated rings. The number of nitrogens with zero attached hydrogens (tertiary/aromatic N) is 3. The Kier molecular flexibility index (Phi) is 5.16. The van der Waals surface area contributed by atoms with Crippen molar-refractivity contribution in [1.29, 1.82) is 0 Å². The van der Waals surface area contributed by atoms with Crippen LogP contribution in [0.15, 0.2) is 30.3 Å². The van der Waals surface area contributed by atoms with Crippen LogP contribution >= 0.6 is 11.3 Å². The molecule has 0 saturated carbocycles. The van der Waals surface area contributed by atoms with Crippen molar-refractivity contribution in [2.24, 2.45) is 5.92 Å². The van der Waals surface area contributed by atoms with Crippen LogP contribution in [0.4, 0.5) is 9.93 Å². The SMILES string of the molecule is Cc1nc(NC(=O)N2CCC(CN(C)C)C2)sc1-c1ccccc1. The maximum Gasteiger partial charge on any atom is 0.323 e. The number of nitrogens with one attached hydrogen (secondary N) is 1. The van der Waals surface area contributed by atoms with Gasteiger partial charge in [0.25, 0.3) is 0 Å². The van der Waals surface area contributed by atoms with Crippen molar-refractivity contribution >= 4 is 22.5 Å². The summed E-state index contributed by atoms with van der Waals surface area (Å²) in [6, 6.07) is 10.1. The number of rotatable bonds is 4. The fourth-order valence-corrected chi connectivity index (χ4v) is 4.12. The van der Waals surface area contributed by atoms with E-state index in [1.165, 1.54) is 11.3 Å². The minimum absolute atomic E-state index is 0.0374. The zero-order valence-electron chi connectivity index (χ0n) is 14.5. The fraction of sp³-hybridized carbons (Fsp3) is 0.444. The lowest BCUT2D eigenvalue weighted by molar-refractivity contribution is 0.219. The predicted molar refractivity (Wildman–Crippen MR) is 99.5 cm³/mol. The van der Waals surface area contributed by atoms with E-state index in [1.807, 2.05) is 30.0 Å². The van der Waals surface area contributed by atoms with Crippen molar-refractivity contribution in [3.63, 3.8) is 0 Å². The van der Waals surface area contributed by atoms with E-state index in [1.54, 1.807) is 0 Å². The molecule has 1 saturated heterocycles. The molecule has 1 aromatic carbocycles. The summed E-state index contributed by atoms with van der Waals surface area (Å²) in [6.07, 6.45) is 1.07. The molecular weight excluding hydrogens is 320 g/mol. The van der Waals surface area contributed by atoms with Crippen molar-refractivity contribution in [2.75, 3.05) is 39.0 Å². The van der Waals surface area contributed by atoms with Gasteiger partial charge in [0, 0.05) is 19.6 Å². The smallest absolute Gasteiger partial charge is 0.323 e. The number of hydrogen-bond donors (Lipinski definition) is 1. The molecule has 5 nitrogen and oxygen atoms in total. The molecule has 6 heteroatoms. The molecule has 1 atom stereocenters. The van der Waals surface area contributed by atoms with Crippen LogP contribution in [0.2, 0.25) is 0 Å². The van der Waals surface area contributed by atoms with Crippen LogP contribution in [0.25, 0.3) is 10.4 Å². The van der Waals surface area contributed by atoms with Crippen molar-refractivity contribution in [3.8, 4) is 10.4 Å². The van der Waals surface area contributed by atoms with Gasteiger partial charge in [-0.05, 0) is 38.9 Å². The monoisotopic (exact) mass is 344 g/mol. The zero-order valence-corrected chi connectivity index (χ0v) is 15.3. The van der Waals surface area contributed by atoms with Gasteiger partial charge in [0.05, 0.1) is 10.6 Å². The molecule has 1 aliphatic heterocycles. The minimum atomic E-state index is -0.0374. The van der Waals surface area contributed by atoms with Crippen LogP contribution in [0.1, 0.15) is 12.1 Å². The number of amides is 2. The molecule has 0 radical (unpaired) electrons. The first-order chi connectivity index (χ1) is 11.5. The molecule has 0 aliphatic carbocycles. The van der Waals surface area contributed by atoms with Gasteiger partial charge in [-0.1, -0.05) is 41.7 Å². The number of thiazole rings is 1. The highest BCUT2D eigenvalue weighted by molar-refractivity contribution is 7.19. The second-order valence-electron chi connectivity index (χ2n) is 6.59. The highest BCUT2D eigenvalue weighted by Gasteiger charge is 2.27. The number of urea groups is 1. The van der Waals surface area contributed by atoms with Gasteiger partial charge in [-0.3, -0.25) is 5.32 Å². The lowest BCUT2D eigenvalue weighted by Gasteiger charge is -2.18. The zero-order chi connectivity index (χ0) is 17.1. The topological polar surface area (TPSA) is 48.5 Å². The van der Waals surface area contributed by atoms with Gasteiger partial charge in [0.1, 0.15) is 0 Å². The van der Waals surface area contributed by atoms with Crippen LogP contribution in [0, 0.1) is 12.8 Å². The Balaban J connectivity index is 1.64. The molecule has 1 aliphatic rings. The van der Waals surface area contributed by atoms with E-state index in [2.05, 4.69) is 41.4 Å².